The van der Waals surface area contributed by atoms with Crippen LogP contribution in [0, 0.1) is 12.3 Å². The Bertz CT molecular complexity index is 540. The Balaban J connectivity index is 2.04. The van der Waals surface area contributed by atoms with Crippen LogP contribution in [0.25, 0.3) is 0 Å². The number of rotatable bonds is 3. The smallest absolute Gasteiger partial charge is 0.415 e. The predicted octanol–water partition coefficient (Wildman–Crippen LogP) is 2.72. The molecule has 0 radical (unpaired) electrons. The van der Waals surface area contributed by atoms with Crippen LogP contribution >= 0.6 is 11.6 Å². The van der Waals surface area contributed by atoms with E-state index >= 15 is 0 Å². The van der Waals surface area contributed by atoms with Gasteiger partial charge in [0.1, 0.15) is 18.1 Å². The number of halogens is 1. The average Bonchev–Trinajstić information content (AvgIpc) is 2.93. The summed E-state index contributed by atoms with van der Waals surface area (Å²) < 4.78 is 10.5. The van der Waals surface area contributed by atoms with Gasteiger partial charge in [0.2, 0.25) is 0 Å². The van der Waals surface area contributed by atoms with Gasteiger partial charge in [-0.25, -0.2) is 4.79 Å². The van der Waals surface area contributed by atoms with E-state index in [4.69, 9.17) is 27.5 Å². The third-order valence-corrected chi connectivity index (χ3v) is 2.81. The summed E-state index contributed by atoms with van der Waals surface area (Å²) in [7, 11) is 0. The van der Waals surface area contributed by atoms with E-state index in [9.17, 15) is 4.79 Å². The summed E-state index contributed by atoms with van der Waals surface area (Å²) in [6.07, 6.45) is 8.52. The van der Waals surface area contributed by atoms with Crippen molar-refractivity contribution in [3.05, 3.63) is 35.4 Å². The van der Waals surface area contributed by atoms with E-state index in [0.29, 0.717) is 29.6 Å². The zero-order valence-electron chi connectivity index (χ0n) is 10.1. The number of benzene rings is 1. The highest BCUT2D eigenvalue weighted by Crippen LogP contribution is 2.29. The molecule has 0 fully saturated rings. The highest BCUT2D eigenvalue weighted by Gasteiger charge is 2.17. The first-order valence-corrected chi connectivity index (χ1v) is 6.06. The molecule has 0 saturated heterocycles. The molecule has 1 amide bonds. The Morgan fingerprint density at radius 3 is 2.84 bits per heavy atom. The van der Waals surface area contributed by atoms with E-state index in [0.717, 1.165) is 0 Å². The third-order valence-electron chi connectivity index (χ3n) is 2.50. The number of hydrogen-bond donors (Lipinski definition) is 0. The molecule has 1 aromatic rings. The minimum atomic E-state index is -0.407. The zero-order chi connectivity index (χ0) is 13.7. The van der Waals surface area contributed by atoms with Crippen LogP contribution in [0.3, 0.4) is 0 Å². The Hall–Kier alpha value is -2.12. The van der Waals surface area contributed by atoms with Crippen molar-refractivity contribution >= 4 is 17.7 Å². The van der Waals surface area contributed by atoms with Gasteiger partial charge in [0.25, 0.3) is 0 Å². The third kappa shape index (κ3) is 3.43. The lowest BCUT2D eigenvalue weighted by atomic mass is 10.3. The minimum absolute atomic E-state index is 0.104. The molecule has 2 rings (SSSR count). The molecule has 0 N–H and O–H groups in total. The number of ether oxygens (including phenoxy) is 2. The fraction of sp³-hybridized carbons (Fsp3) is 0.214. The highest BCUT2D eigenvalue weighted by atomic mass is 35.5. The summed E-state index contributed by atoms with van der Waals surface area (Å²) >= 11 is 5.94. The Morgan fingerprint density at radius 2 is 2.16 bits per heavy atom. The van der Waals surface area contributed by atoms with Crippen molar-refractivity contribution in [2.24, 2.45) is 0 Å². The predicted molar refractivity (Wildman–Crippen MR) is 72.5 cm³/mol. The van der Waals surface area contributed by atoms with Crippen LogP contribution in [-0.2, 0) is 0 Å². The van der Waals surface area contributed by atoms with E-state index in [1.807, 2.05) is 12.2 Å². The number of hydrogen-bond acceptors (Lipinski definition) is 3. The molecule has 0 spiro atoms. The summed E-state index contributed by atoms with van der Waals surface area (Å²) in [6, 6.07) is 4.74. The van der Waals surface area contributed by atoms with Crippen LogP contribution in [0.5, 0.6) is 11.5 Å². The molecule has 5 heteroatoms. The highest BCUT2D eigenvalue weighted by molar-refractivity contribution is 6.32. The second-order valence-electron chi connectivity index (χ2n) is 3.83. The maximum Gasteiger partial charge on any atom is 0.415 e. The van der Waals surface area contributed by atoms with Gasteiger partial charge in [0.05, 0.1) is 5.02 Å². The van der Waals surface area contributed by atoms with Gasteiger partial charge in [0, 0.05) is 19.2 Å². The van der Waals surface area contributed by atoms with Gasteiger partial charge in [-0.2, -0.15) is 0 Å². The maximum atomic E-state index is 11.8. The van der Waals surface area contributed by atoms with Crippen molar-refractivity contribution in [2.75, 3.05) is 19.7 Å². The maximum absolute atomic E-state index is 11.8. The van der Waals surface area contributed by atoms with Gasteiger partial charge in [-0.3, -0.25) is 0 Å². The van der Waals surface area contributed by atoms with Crippen molar-refractivity contribution in [1.29, 1.82) is 0 Å². The molecule has 4 nitrogen and oxygen atoms in total. The molecule has 0 atom stereocenters. The second kappa shape index (κ2) is 6.17. The molecular formula is C14H12ClNO3. The van der Waals surface area contributed by atoms with Crippen molar-refractivity contribution in [1.82, 2.24) is 4.90 Å². The van der Waals surface area contributed by atoms with Crippen molar-refractivity contribution in [3.8, 4) is 23.8 Å². The van der Waals surface area contributed by atoms with Crippen LogP contribution in [0.1, 0.15) is 0 Å². The van der Waals surface area contributed by atoms with Crippen molar-refractivity contribution in [2.45, 2.75) is 0 Å². The zero-order valence-corrected chi connectivity index (χ0v) is 10.9. The van der Waals surface area contributed by atoms with Gasteiger partial charge >= 0.3 is 6.09 Å². The van der Waals surface area contributed by atoms with Gasteiger partial charge in [-0.1, -0.05) is 29.7 Å². The summed E-state index contributed by atoms with van der Waals surface area (Å²) in [5.74, 6) is 3.11. The normalized spacial score (nSPS) is 13.2. The second-order valence-corrected chi connectivity index (χ2v) is 4.24. The summed E-state index contributed by atoms with van der Waals surface area (Å²) in [6.45, 7) is 1.23. The molecule has 19 heavy (non-hydrogen) atoms. The molecule has 0 aliphatic carbocycles. The van der Waals surface area contributed by atoms with E-state index in [1.54, 1.807) is 23.1 Å². The van der Waals surface area contributed by atoms with Crippen LogP contribution < -0.4 is 9.47 Å². The standard InChI is InChI=1S/C14H12ClNO3/c1-2-9-18-13-10-11(5-6-12(13)15)19-14(17)16-7-3-4-8-16/h1,3-6,10H,7-9H2. The molecule has 0 aromatic heterocycles. The topological polar surface area (TPSA) is 38.8 Å². The fourth-order valence-corrected chi connectivity index (χ4v) is 1.74. The van der Waals surface area contributed by atoms with E-state index in [-0.39, 0.29) is 6.61 Å². The largest absolute Gasteiger partial charge is 0.479 e. The Kier molecular flexibility index (Phi) is 4.32. The minimum Gasteiger partial charge on any atom is -0.479 e. The summed E-state index contributed by atoms with van der Waals surface area (Å²) in [4.78, 5) is 13.3. The van der Waals surface area contributed by atoms with Crippen molar-refractivity contribution in [3.63, 3.8) is 0 Å². The average molecular weight is 278 g/mol. The monoisotopic (exact) mass is 277 g/mol. The number of terminal acetylenes is 1. The first kappa shape index (κ1) is 13.3. The lowest BCUT2D eigenvalue weighted by Gasteiger charge is -2.15. The molecule has 0 saturated carbocycles. The van der Waals surface area contributed by atoms with E-state index in [1.165, 1.54) is 0 Å². The Morgan fingerprint density at radius 1 is 1.42 bits per heavy atom. The van der Waals surface area contributed by atoms with Gasteiger partial charge < -0.3 is 14.4 Å². The molecule has 0 bridgehead atoms. The molecule has 1 aromatic carbocycles. The van der Waals surface area contributed by atoms with Crippen molar-refractivity contribution < 1.29 is 14.3 Å². The molecular weight excluding hydrogens is 266 g/mol. The van der Waals surface area contributed by atoms with Crippen LogP contribution in [0.15, 0.2) is 30.4 Å². The first-order valence-electron chi connectivity index (χ1n) is 5.68. The van der Waals surface area contributed by atoms with Gasteiger partial charge in [-0.05, 0) is 12.1 Å². The van der Waals surface area contributed by atoms with E-state index < -0.39 is 6.09 Å². The number of nitrogens with zero attached hydrogens (tertiary/aromatic N) is 1. The molecule has 1 heterocycles. The number of amides is 1. The van der Waals surface area contributed by atoms with Crippen LogP contribution in [0.4, 0.5) is 4.79 Å². The molecule has 1 aliphatic heterocycles. The van der Waals surface area contributed by atoms with Crippen LogP contribution in [0.2, 0.25) is 5.02 Å². The summed E-state index contributed by atoms with van der Waals surface area (Å²) in [5.41, 5.74) is 0. The van der Waals surface area contributed by atoms with Crippen LogP contribution in [-0.4, -0.2) is 30.7 Å². The number of carbonyl (C=O) groups is 1. The lowest BCUT2D eigenvalue weighted by molar-refractivity contribution is 0.164. The van der Waals surface area contributed by atoms with Gasteiger partial charge in [0.15, 0.2) is 0 Å². The number of carbonyl (C=O) groups excluding carboxylic acids is 1. The fourth-order valence-electron chi connectivity index (χ4n) is 1.57. The quantitative estimate of drug-likeness (QED) is 0.630. The summed E-state index contributed by atoms with van der Waals surface area (Å²) in [5, 5.41) is 0.415. The van der Waals surface area contributed by atoms with Gasteiger partial charge in [-0.15, -0.1) is 6.42 Å². The SMILES string of the molecule is C#CCOc1cc(OC(=O)N2CC=CC2)ccc1Cl. The first-order chi connectivity index (χ1) is 9.20. The Labute approximate surface area is 116 Å². The lowest BCUT2D eigenvalue weighted by Crippen LogP contribution is -2.31. The molecule has 1 aliphatic rings. The molecule has 0 unspecified atom stereocenters. The van der Waals surface area contributed by atoms with E-state index in [2.05, 4.69) is 5.92 Å². The molecule has 98 valence electrons.